The van der Waals surface area contributed by atoms with Crippen molar-refractivity contribution in [3.63, 3.8) is 0 Å². The fourth-order valence-corrected chi connectivity index (χ4v) is 4.17. The number of hydrogen-bond acceptors (Lipinski definition) is 5. The predicted octanol–water partition coefficient (Wildman–Crippen LogP) is 4.97. The van der Waals surface area contributed by atoms with Gasteiger partial charge in [-0.2, -0.15) is 5.26 Å². The second-order valence-corrected chi connectivity index (χ2v) is 8.59. The summed E-state index contributed by atoms with van der Waals surface area (Å²) in [6.45, 7) is 1.83. The van der Waals surface area contributed by atoms with Gasteiger partial charge in [0.2, 0.25) is 0 Å². The van der Waals surface area contributed by atoms with Gasteiger partial charge in [-0.1, -0.05) is 12.8 Å². The Hall–Kier alpha value is -3.38. The number of halogens is 2. The average molecular weight is 530 g/mol. The Morgan fingerprint density at radius 3 is 2.56 bits per heavy atom. The van der Waals surface area contributed by atoms with E-state index in [0.717, 1.165) is 25.7 Å². The molecule has 1 aliphatic rings. The number of carbonyl (C=O) groups excluding carboxylic acids is 2. The van der Waals surface area contributed by atoms with Crippen molar-refractivity contribution in [1.82, 2.24) is 5.32 Å². The first-order valence-corrected chi connectivity index (χ1v) is 11.8. The molecular formula is C25H25BrFN3O4. The number of benzene rings is 2. The number of nitriles is 1. The number of hydrogen-bond donors (Lipinski definition) is 2. The van der Waals surface area contributed by atoms with Crippen LogP contribution in [0, 0.1) is 17.1 Å². The van der Waals surface area contributed by atoms with Crippen LogP contribution in [-0.4, -0.2) is 31.1 Å². The summed E-state index contributed by atoms with van der Waals surface area (Å²) in [7, 11) is 0. The molecule has 2 aromatic carbocycles. The van der Waals surface area contributed by atoms with E-state index in [1.807, 2.05) is 6.07 Å². The third-order valence-corrected chi connectivity index (χ3v) is 5.76. The third kappa shape index (κ3) is 7.06. The molecule has 0 atom stereocenters. The molecule has 0 aromatic heterocycles. The molecule has 2 amide bonds. The van der Waals surface area contributed by atoms with Gasteiger partial charge in [-0.25, -0.2) is 4.39 Å². The number of anilines is 1. The fourth-order valence-electron chi connectivity index (χ4n) is 3.59. The Morgan fingerprint density at radius 2 is 1.91 bits per heavy atom. The topological polar surface area (TPSA) is 100 Å². The lowest BCUT2D eigenvalue weighted by Gasteiger charge is -2.15. The molecule has 0 heterocycles. The Morgan fingerprint density at radius 1 is 1.21 bits per heavy atom. The molecule has 2 aromatic rings. The van der Waals surface area contributed by atoms with Crippen LogP contribution in [0.15, 0.2) is 46.4 Å². The van der Waals surface area contributed by atoms with Crippen molar-refractivity contribution in [3.05, 3.63) is 57.8 Å². The van der Waals surface area contributed by atoms with E-state index >= 15 is 0 Å². The second-order valence-electron chi connectivity index (χ2n) is 7.73. The van der Waals surface area contributed by atoms with Crippen LogP contribution in [0.3, 0.4) is 0 Å². The van der Waals surface area contributed by atoms with E-state index in [-0.39, 0.29) is 18.2 Å². The van der Waals surface area contributed by atoms with Crippen LogP contribution >= 0.6 is 15.9 Å². The van der Waals surface area contributed by atoms with Crippen molar-refractivity contribution in [2.24, 2.45) is 0 Å². The van der Waals surface area contributed by atoms with Gasteiger partial charge in [0.1, 0.15) is 17.5 Å². The fraction of sp³-hybridized carbons (Fsp3) is 0.320. The number of nitrogens with one attached hydrogen (secondary N) is 2. The first kappa shape index (κ1) is 25.2. The summed E-state index contributed by atoms with van der Waals surface area (Å²) in [5.74, 6) is -0.570. The number of nitrogens with zero attached hydrogens (tertiary/aromatic N) is 1. The highest BCUT2D eigenvalue weighted by molar-refractivity contribution is 9.10. The number of rotatable bonds is 9. The van der Waals surface area contributed by atoms with Gasteiger partial charge in [-0.15, -0.1) is 0 Å². The maximum Gasteiger partial charge on any atom is 0.262 e. The molecule has 0 unspecified atom stereocenters. The molecule has 0 saturated heterocycles. The van der Waals surface area contributed by atoms with Gasteiger partial charge in [-0.3, -0.25) is 9.59 Å². The van der Waals surface area contributed by atoms with Crippen LogP contribution in [0.25, 0.3) is 6.08 Å². The molecule has 1 saturated carbocycles. The molecule has 2 N–H and O–H groups in total. The molecule has 0 radical (unpaired) electrons. The molecule has 0 spiro atoms. The molecule has 178 valence electrons. The molecule has 7 nitrogen and oxygen atoms in total. The van der Waals surface area contributed by atoms with Crippen LogP contribution in [-0.2, 0) is 9.59 Å². The molecule has 1 fully saturated rings. The molecule has 3 rings (SSSR count). The van der Waals surface area contributed by atoms with Gasteiger partial charge in [0.05, 0.1) is 11.1 Å². The molecule has 1 aliphatic carbocycles. The minimum absolute atomic E-state index is 0.00593. The van der Waals surface area contributed by atoms with Crippen molar-refractivity contribution in [2.45, 2.75) is 38.6 Å². The van der Waals surface area contributed by atoms with E-state index in [0.29, 0.717) is 33.8 Å². The normalized spacial score (nSPS) is 13.8. The number of ether oxygens (including phenoxy) is 2. The largest absolute Gasteiger partial charge is 0.490 e. The van der Waals surface area contributed by atoms with Gasteiger partial charge in [-0.05, 0) is 83.7 Å². The van der Waals surface area contributed by atoms with Crippen LogP contribution in [0.2, 0.25) is 0 Å². The molecular weight excluding hydrogens is 505 g/mol. The van der Waals surface area contributed by atoms with E-state index in [1.54, 1.807) is 19.1 Å². The zero-order valence-corrected chi connectivity index (χ0v) is 20.3. The summed E-state index contributed by atoms with van der Waals surface area (Å²) in [6, 6.07) is 10.8. The smallest absolute Gasteiger partial charge is 0.262 e. The minimum Gasteiger partial charge on any atom is -0.490 e. The SMILES string of the molecule is CCOc1cc(/C=C(/C#N)C(=O)NC2CCCC2)cc(Br)c1OCC(=O)Nc1ccc(F)cc1. The second kappa shape index (κ2) is 12.2. The lowest BCUT2D eigenvalue weighted by atomic mass is 10.1. The third-order valence-electron chi connectivity index (χ3n) is 5.17. The minimum atomic E-state index is -0.430. The Kier molecular flexibility index (Phi) is 9.05. The van der Waals surface area contributed by atoms with E-state index in [1.165, 1.54) is 30.3 Å². The summed E-state index contributed by atoms with van der Waals surface area (Å²) in [4.78, 5) is 24.8. The first-order chi connectivity index (χ1) is 16.4. The maximum absolute atomic E-state index is 13.0. The summed E-state index contributed by atoms with van der Waals surface area (Å²) in [5.41, 5.74) is 1.00. The summed E-state index contributed by atoms with van der Waals surface area (Å²) >= 11 is 3.42. The standard InChI is InChI=1S/C25H25BrFN3O4/c1-2-33-22-13-16(11-17(14-28)25(32)30-19-5-3-4-6-19)12-21(26)24(22)34-15-23(31)29-20-9-7-18(27)8-10-20/h7-13,19H,2-6,15H2,1H3,(H,29,31)(H,30,32)/b17-11-. The molecule has 0 bridgehead atoms. The lowest BCUT2D eigenvalue weighted by molar-refractivity contribution is -0.118. The highest BCUT2D eigenvalue weighted by Crippen LogP contribution is 2.37. The maximum atomic E-state index is 13.0. The predicted molar refractivity (Wildman–Crippen MR) is 130 cm³/mol. The Bertz CT molecular complexity index is 1110. The van der Waals surface area contributed by atoms with Gasteiger partial charge in [0.25, 0.3) is 11.8 Å². The van der Waals surface area contributed by atoms with Crippen molar-refractivity contribution in [2.75, 3.05) is 18.5 Å². The van der Waals surface area contributed by atoms with E-state index in [4.69, 9.17) is 9.47 Å². The van der Waals surface area contributed by atoms with E-state index < -0.39 is 17.6 Å². The van der Waals surface area contributed by atoms with Crippen molar-refractivity contribution in [3.8, 4) is 17.6 Å². The number of carbonyl (C=O) groups is 2. The molecule has 0 aliphatic heterocycles. The van der Waals surface area contributed by atoms with Crippen LogP contribution in [0.5, 0.6) is 11.5 Å². The molecule has 9 heteroatoms. The van der Waals surface area contributed by atoms with Crippen LogP contribution < -0.4 is 20.1 Å². The zero-order valence-electron chi connectivity index (χ0n) is 18.7. The van der Waals surface area contributed by atoms with Crippen molar-refractivity contribution in [1.29, 1.82) is 5.26 Å². The van der Waals surface area contributed by atoms with Gasteiger partial charge >= 0.3 is 0 Å². The number of amides is 2. The van der Waals surface area contributed by atoms with Gasteiger partial charge in [0.15, 0.2) is 18.1 Å². The quantitative estimate of drug-likeness (QED) is 0.352. The monoisotopic (exact) mass is 529 g/mol. The van der Waals surface area contributed by atoms with Gasteiger partial charge < -0.3 is 20.1 Å². The summed E-state index contributed by atoms with van der Waals surface area (Å²) in [6.07, 6.45) is 5.48. The van der Waals surface area contributed by atoms with Crippen molar-refractivity contribution >= 4 is 39.5 Å². The zero-order chi connectivity index (χ0) is 24.5. The summed E-state index contributed by atoms with van der Waals surface area (Å²) < 4.78 is 24.9. The Labute approximate surface area is 206 Å². The van der Waals surface area contributed by atoms with Gasteiger partial charge in [0, 0.05) is 11.7 Å². The van der Waals surface area contributed by atoms with Crippen molar-refractivity contribution < 1.29 is 23.5 Å². The first-order valence-electron chi connectivity index (χ1n) is 11.0. The van der Waals surface area contributed by atoms with Crippen LogP contribution in [0.4, 0.5) is 10.1 Å². The molecule has 34 heavy (non-hydrogen) atoms. The van der Waals surface area contributed by atoms with Crippen LogP contribution in [0.1, 0.15) is 38.2 Å². The van der Waals surface area contributed by atoms with E-state index in [2.05, 4.69) is 26.6 Å². The summed E-state index contributed by atoms with van der Waals surface area (Å²) in [5, 5.41) is 15.0. The Balaban J connectivity index is 1.73. The average Bonchev–Trinajstić information content (AvgIpc) is 3.31. The lowest BCUT2D eigenvalue weighted by Crippen LogP contribution is -2.33. The highest BCUT2D eigenvalue weighted by atomic mass is 79.9. The van der Waals surface area contributed by atoms with E-state index in [9.17, 15) is 19.2 Å². The highest BCUT2D eigenvalue weighted by Gasteiger charge is 2.20.